The summed E-state index contributed by atoms with van der Waals surface area (Å²) in [7, 11) is 0. The van der Waals surface area contributed by atoms with Gasteiger partial charge in [-0.3, -0.25) is 4.79 Å². The Balaban J connectivity index is 1.73. The number of carbonyl (C=O) groups excluding carboxylic acids is 1. The molecule has 2 aliphatic carbocycles. The summed E-state index contributed by atoms with van der Waals surface area (Å²) in [5.41, 5.74) is 6.75. The predicted molar refractivity (Wildman–Crippen MR) is 75.0 cm³/mol. The molecule has 1 amide bonds. The van der Waals surface area contributed by atoms with Crippen molar-refractivity contribution in [1.29, 1.82) is 0 Å². The molecule has 0 spiro atoms. The zero-order valence-electron chi connectivity index (χ0n) is 10.4. The largest absolute Gasteiger partial charge is 0.327 e. The summed E-state index contributed by atoms with van der Waals surface area (Å²) in [5.74, 6) is 0.458. The zero-order chi connectivity index (χ0) is 13.6. The molecule has 2 fully saturated rings. The van der Waals surface area contributed by atoms with Gasteiger partial charge in [-0.05, 0) is 65.2 Å². The fourth-order valence-corrected chi connectivity index (χ4v) is 3.90. The summed E-state index contributed by atoms with van der Waals surface area (Å²) in [6, 6.07) is 4.45. The summed E-state index contributed by atoms with van der Waals surface area (Å²) in [6.07, 6.45) is 3.33. The molecule has 3 nitrogen and oxygen atoms in total. The van der Waals surface area contributed by atoms with Crippen LogP contribution < -0.4 is 11.1 Å². The molecular weight excluding hydrogens is 311 g/mol. The van der Waals surface area contributed by atoms with Gasteiger partial charge in [-0.15, -0.1) is 0 Å². The second kappa shape index (κ2) is 4.87. The molecule has 5 heteroatoms. The van der Waals surface area contributed by atoms with Gasteiger partial charge in [0, 0.05) is 11.7 Å². The first-order valence-corrected chi connectivity index (χ1v) is 7.37. The van der Waals surface area contributed by atoms with Gasteiger partial charge < -0.3 is 11.1 Å². The highest BCUT2D eigenvalue weighted by Crippen LogP contribution is 2.47. The molecule has 0 aliphatic heterocycles. The number of hydrogen-bond donors (Lipinski definition) is 2. The molecular formula is C14H16BrFN2O. The van der Waals surface area contributed by atoms with Crippen LogP contribution in [0.5, 0.6) is 0 Å². The van der Waals surface area contributed by atoms with E-state index in [9.17, 15) is 9.18 Å². The Kier molecular flexibility index (Phi) is 3.35. The molecule has 2 saturated carbocycles. The average molecular weight is 327 g/mol. The number of nitrogens with one attached hydrogen (secondary N) is 1. The third-order valence-corrected chi connectivity index (χ3v) is 5.08. The van der Waals surface area contributed by atoms with Crippen LogP contribution in [0.15, 0.2) is 22.7 Å². The monoisotopic (exact) mass is 326 g/mol. The van der Waals surface area contributed by atoms with E-state index in [4.69, 9.17) is 5.73 Å². The standard InChI is InChI=1S/C14H16BrFN2O/c15-10-6-9(3-4-11(10)16)18-14(19)12-7-1-2-8(5-7)13(12)17/h3-4,6-8,12-13H,1-2,5,17H2,(H,18,19). The first-order valence-electron chi connectivity index (χ1n) is 6.58. The summed E-state index contributed by atoms with van der Waals surface area (Å²) in [4.78, 5) is 12.3. The molecule has 4 unspecified atom stereocenters. The molecule has 0 radical (unpaired) electrons. The SMILES string of the molecule is NC1C2CCC(C2)C1C(=O)Nc1ccc(F)c(Br)c1. The van der Waals surface area contributed by atoms with Crippen molar-refractivity contribution >= 4 is 27.5 Å². The minimum Gasteiger partial charge on any atom is -0.327 e. The summed E-state index contributed by atoms with van der Waals surface area (Å²) in [6.45, 7) is 0. The molecule has 3 N–H and O–H groups in total. The minimum atomic E-state index is -0.338. The van der Waals surface area contributed by atoms with Crippen LogP contribution in [0.4, 0.5) is 10.1 Å². The Hall–Kier alpha value is -0.940. The van der Waals surface area contributed by atoms with Gasteiger partial charge in [0.15, 0.2) is 0 Å². The van der Waals surface area contributed by atoms with Crippen LogP contribution in [0.2, 0.25) is 0 Å². The molecule has 0 saturated heterocycles. The van der Waals surface area contributed by atoms with Crippen LogP contribution in [0, 0.1) is 23.6 Å². The number of halogens is 2. The molecule has 2 aliphatic rings. The van der Waals surface area contributed by atoms with E-state index in [2.05, 4.69) is 21.2 Å². The van der Waals surface area contributed by atoms with Gasteiger partial charge in [0.25, 0.3) is 0 Å². The molecule has 1 aromatic rings. The zero-order valence-corrected chi connectivity index (χ0v) is 12.0. The van der Waals surface area contributed by atoms with Crippen LogP contribution >= 0.6 is 15.9 Å². The lowest BCUT2D eigenvalue weighted by Gasteiger charge is -2.27. The van der Waals surface area contributed by atoms with Crippen LogP contribution in [0.25, 0.3) is 0 Å². The van der Waals surface area contributed by atoms with Crippen molar-refractivity contribution in [3.8, 4) is 0 Å². The Morgan fingerprint density at radius 1 is 1.37 bits per heavy atom. The maximum absolute atomic E-state index is 13.1. The van der Waals surface area contributed by atoms with Crippen molar-refractivity contribution in [2.24, 2.45) is 23.5 Å². The van der Waals surface area contributed by atoms with E-state index in [0.29, 0.717) is 22.0 Å². The van der Waals surface area contributed by atoms with Gasteiger partial charge in [0.1, 0.15) is 5.82 Å². The van der Waals surface area contributed by atoms with Gasteiger partial charge in [0.05, 0.1) is 10.4 Å². The maximum atomic E-state index is 13.1. The van der Waals surface area contributed by atoms with E-state index in [1.165, 1.54) is 6.07 Å². The van der Waals surface area contributed by atoms with Gasteiger partial charge in [-0.1, -0.05) is 0 Å². The Morgan fingerprint density at radius 3 is 2.74 bits per heavy atom. The third-order valence-electron chi connectivity index (χ3n) is 4.47. The van der Waals surface area contributed by atoms with E-state index in [-0.39, 0.29) is 23.7 Å². The first kappa shape index (κ1) is 13.1. The molecule has 102 valence electrons. The fraction of sp³-hybridized carbons (Fsp3) is 0.500. The quantitative estimate of drug-likeness (QED) is 0.878. The lowest BCUT2D eigenvalue weighted by atomic mass is 9.84. The number of nitrogens with two attached hydrogens (primary N) is 1. The summed E-state index contributed by atoms with van der Waals surface area (Å²) in [5, 5.41) is 2.85. The van der Waals surface area contributed by atoms with E-state index < -0.39 is 0 Å². The topological polar surface area (TPSA) is 55.1 Å². The highest BCUT2D eigenvalue weighted by atomic mass is 79.9. The normalized spacial score (nSPS) is 32.6. The van der Waals surface area contributed by atoms with Gasteiger partial charge in [-0.2, -0.15) is 0 Å². The summed E-state index contributed by atoms with van der Waals surface area (Å²) < 4.78 is 13.5. The van der Waals surface area contributed by atoms with Crippen molar-refractivity contribution < 1.29 is 9.18 Å². The molecule has 2 bridgehead atoms. The Labute approximate surface area is 119 Å². The number of carbonyl (C=O) groups is 1. The van der Waals surface area contributed by atoms with Crippen LogP contribution in [-0.4, -0.2) is 11.9 Å². The molecule has 0 heterocycles. The molecule has 19 heavy (non-hydrogen) atoms. The maximum Gasteiger partial charge on any atom is 0.229 e. The number of fused-ring (bicyclic) bond motifs is 2. The fourth-order valence-electron chi connectivity index (χ4n) is 3.52. The van der Waals surface area contributed by atoms with E-state index >= 15 is 0 Å². The Morgan fingerprint density at radius 2 is 2.11 bits per heavy atom. The van der Waals surface area contributed by atoms with Crippen LogP contribution in [0.3, 0.4) is 0 Å². The highest BCUT2D eigenvalue weighted by Gasteiger charge is 2.49. The average Bonchev–Trinajstić information content (AvgIpc) is 2.94. The number of anilines is 1. The lowest BCUT2D eigenvalue weighted by Crippen LogP contribution is -2.42. The second-order valence-corrected chi connectivity index (χ2v) is 6.41. The molecule has 1 aromatic carbocycles. The van der Waals surface area contributed by atoms with Crippen molar-refractivity contribution in [1.82, 2.24) is 0 Å². The number of amides is 1. The number of hydrogen-bond acceptors (Lipinski definition) is 2. The third kappa shape index (κ3) is 2.30. The highest BCUT2D eigenvalue weighted by molar-refractivity contribution is 9.10. The van der Waals surface area contributed by atoms with Gasteiger partial charge in [-0.25, -0.2) is 4.39 Å². The van der Waals surface area contributed by atoms with Crippen LogP contribution in [0.1, 0.15) is 19.3 Å². The van der Waals surface area contributed by atoms with E-state index in [1.807, 2.05) is 0 Å². The predicted octanol–water partition coefficient (Wildman–Crippen LogP) is 2.90. The molecule has 3 rings (SSSR count). The van der Waals surface area contributed by atoms with Gasteiger partial charge >= 0.3 is 0 Å². The summed E-state index contributed by atoms with van der Waals surface area (Å²) >= 11 is 3.11. The van der Waals surface area contributed by atoms with E-state index in [0.717, 1.165) is 19.3 Å². The van der Waals surface area contributed by atoms with Crippen molar-refractivity contribution in [3.05, 3.63) is 28.5 Å². The van der Waals surface area contributed by atoms with Crippen molar-refractivity contribution in [2.45, 2.75) is 25.3 Å². The lowest BCUT2D eigenvalue weighted by molar-refractivity contribution is -0.121. The van der Waals surface area contributed by atoms with Gasteiger partial charge in [0.2, 0.25) is 5.91 Å². The van der Waals surface area contributed by atoms with E-state index in [1.54, 1.807) is 12.1 Å². The van der Waals surface area contributed by atoms with Crippen molar-refractivity contribution in [3.63, 3.8) is 0 Å². The number of rotatable bonds is 2. The second-order valence-electron chi connectivity index (χ2n) is 5.55. The smallest absolute Gasteiger partial charge is 0.229 e. The first-order chi connectivity index (χ1) is 9.06. The minimum absolute atomic E-state index is 0.0253. The number of benzene rings is 1. The molecule has 0 aromatic heterocycles. The molecule has 4 atom stereocenters. The van der Waals surface area contributed by atoms with Crippen LogP contribution in [-0.2, 0) is 4.79 Å². The van der Waals surface area contributed by atoms with Crippen molar-refractivity contribution in [2.75, 3.05) is 5.32 Å². The Bertz CT molecular complexity index is 520.